The van der Waals surface area contributed by atoms with Crippen LogP contribution in [0.25, 0.3) is 0 Å². The first-order valence-corrected chi connectivity index (χ1v) is 8.73. The van der Waals surface area contributed by atoms with Crippen molar-refractivity contribution in [1.29, 1.82) is 0 Å². The summed E-state index contributed by atoms with van der Waals surface area (Å²) in [7, 11) is 0. The van der Waals surface area contributed by atoms with Crippen molar-refractivity contribution in [3.05, 3.63) is 11.7 Å². The normalized spacial score (nSPS) is 11.2. The molecule has 0 aliphatic rings. The van der Waals surface area contributed by atoms with Crippen LogP contribution in [0.3, 0.4) is 0 Å². The van der Waals surface area contributed by atoms with E-state index in [1.807, 2.05) is 6.92 Å². The maximum atomic E-state index is 5.50. The average Bonchev–Trinajstić information content (AvgIpc) is 2.98. The molecule has 8 nitrogen and oxygen atoms in total. The largest absolute Gasteiger partial charge is 0.379 e. The topological polar surface area (TPSA) is 93.8 Å². The Bertz CT molecular complexity index is 457. The van der Waals surface area contributed by atoms with Gasteiger partial charge in [0, 0.05) is 26.1 Å². The molecule has 25 heavy (non-hydrogen) atoms. The van der Waals surface area contributed by atoms with E-state index in [1.165, 1.54) is 0 Å². The van der Waals surface area contributed by atoms with Gasteiger partial charge in [-0.05, 0) is 20.3 Å². The molecule has 0 aliphatic carbocycles. The van der Waals surface area contributed by atoms with Crippen molar-refractivity contribution in [1.82, 2.24) is 20.8 Å². The Morgan fingerprint density at radius 2 is 1.88 bits per heavy atom. The van der Waals surface area contributed by atoms with Crippen LogP contribution in [0.4, 0.5) is 0 Å². The van der Waals surface area contributed by atoms with Crippen molar-refractivity contribution in [2.24, 2.45) is 4.99 Å². The number of nitrogens with zero attached hydrogens (tertiary/aromatic N) is 3. The van der Waals surface area contributed by atoms with Crippen LogP contribution >= 0.6 is 24.0 Å². The highest BCUT2D eigenvalue weighted by Crippen LogP contribution is 1.95. The molecular weight excluding hydrogens is 437 g/mol. The molecule has 0 radical (unpaired) electrons. The fourth-order valence-corrected chi connectivity index (χ4v) is 1.86. The molecule has 2 N–H and O–H groups in total. The Morgan fingerprint density at radius 1 is 1.12 bits per heavy atom. The molecule has 0 atom stereocenters. The van der Waals surface area contributed by atoms with Crippen LogP contribution in [0.15, 0.2) is 9.52 Å². The van der Waals surface area contributed by atoms with Crippen LogP contribution in [0.5, 0.6) is 0 Å². The van der Waals surface area contributed by atoms with Gasteiger partial charge in [0.15, 0.2) is 11.8 Å². The first-order valence-electron chi connectivity index (χ1n) is 8.73. The molecule has 1 rings (SSSR count). The van der Waals surface area contributed by atoms with E-state index in [2.05, 4.69) is 32.7 Å². The van der Waals surface area contributed by atoms with Crippen LogP contribution in [-0.2, 0) is 15.9 Å². The number of rotatable bonds is 13. The van der Waals surface area contributed by atoms with Crippen molar-refractivity contribution in [2.75, 3.05) is 46.1 Å². The van der Waals surface area contributed by atoms with Gasteiger partial charge in [-0.3, -0.25) is 4.99 Å². The van der Waals surface area contributed by atoms with Gasteiger partial charge in [-0.1, -0.05) is 18.5 Å². The molecule has 9 heteroatoms. The lowest BCUT2D eigenvalue weighted by Gasteiger charge is -2.10. The van der Waals surface area contributed by atoms with Gasteiger partial charge < -0.3 is 24.6 Å². The molecule has 0 aliphatic heterocycles. The number of nitrogens with one attached hydrogen (secondary N) is 2. The number of aryl methyl sites for hydroxylation is 1. The van der Waals surface area contributed by atoms with Crippen molar-refractivity contribution < 1.29 is 14.0 Å². The van der Waals surface area contributed by atoms with E-state index in [0.717, 1.165) is 32.0 Å². The molecular formula is C16H32IN5O3. The summed E-state index contributed by atoms with van der Waals surface area (Å²) in [4.78, 5) is 8.63. The van der Waals surface area contributed by atoms with Crippen LogP contribution < -0.4 is 10.6 Å². The molecule has 1 aromatic heterocycles. The molecule has 0 bridgehead atoms. The Hall–Kier alpha value is -0.940. The SMILES string of the molecule is CCCCOCCOCCN=C(NCC)NCCc1nc(C)no1.I. The Morgan fingerprint density at radius 3 is 2.52 bits per heavy atom. The number of aromatic nitrogens is 2. The lowest BCUT2D eigenvalue weighted by Crippen LogP contribution is -2.38. The minimum absolute atomic E-state index is 0. The van der Waals surface area contributed by atoms with Gasteiger partial charge >= 0.3 is 0 Å². The van der Waals surface area contributed by atoms with Gasteiger partial charge in [0.2, 0.25) is 5.89 Å². The fourth-order valence-electron chi connectivity index (χ4n) is 1.86. The molecule has 0 fully saturated rings. The van der Waals surface area contributed by atoms with Crippen molar-refractivity contribution >= 4 is 29.9 Å². The molecule has 0 unspecified atom stereocenters. The van der Waals surface area contributed by atoms with Gasteiger partial charge in [0.05, 0.1) is 26.4 Å². The summed E-state index contributed by atoms with van der Waals surface area (Å²) in [6.07, 6.45) is 2.92. The van der Waals surface area contributed by atoms with Crippen molar-refractivity contribution in [2.45, 2.75) is 40.0 Å². The van der Waals surface area contributed by atoms with E-state index >= 15 is 0 Å². The summed E-state index contributed by atoms with van der Waals surface area (Å²) in [6, 6.07) is 0. The third-order valence-electron chi connectivity index (χ3n) is 3.06. The monoisotopic (exact) mass is 469 g/mol. The summed E-state index contributed by atoms with van der Waals surface area (Å²) in [5.41, 5.74) is 0. The zero-order valence-electron chi connectivity index (χ0n) is 15.5. The van der Waals surface area contributed by atoms with Gasteiger partial charge in [-0.2, -0.15) is 4.98 Å². The predicted molar refractivity (Wildman–Crippen MR) is 109 cm³/mol. The summed E-state index contributed by atoms with van der Waals surface area (Å²) in [5.74, 6) is 2.04. The molecule has 146 valence electrons. The third kappa shape index (κ3) is 13.0. The zero-order chi connectivity index (χ0) is 17.5. The average molecular weight is 469 g/mol. The van der Waals surface area contributed by atoms with Gasteiger partial charge in [0.1, 0.15) is 0 Å². The molecule has 1 heterocycles. The standard InChI is InChI=1S/C16H31N5O3.HI/c1-4-6-10-22-12-13-23-11-9-19-16(17-5-2)18-8-7-15-20-14(3)21-24-15;/h4-13H2,1-3H3,(H2,17,18,19);1H. The van der Waals surface area contributed by atoms with E-state index in [9.17, 15) is 0 Å². The smallest absolute Gasteiger partial charge is 0.228 e. The summed E-state index contributed by atoms with van der Waals surface area (Å²) in [6.45, 7) is 10.7. The zero-order valence-corrected chi connectivity index (χ0v) is 17.9. The van der Waals surface area contributed by atoms with Crippen molar-refractivity contribution in [3.8, 4) is 0 Å². The molecule has 0 saturated heterocycles. The molecule has 1 aromatic rings. The van der Waals surface area contributed by atoms with Crippen LogP contribution in [0.2, 0.25) is 0 Å². The lowest BCUT2D eigenvalue weighted by atomic mass is 10.4. The van der Waals surface area contributed by atoms with E-state index in [4.69, 9.17) is 14.0 Å². The quantitative estimate of drug-likeness (QED) is 0.197. The minimum atomic E-state index is 0. The highest BCUT2D eigenvalue weighted by atomic mass is 127. The maximum Gasteiger partial charge on any atom is 0.228 e. The second kappa shape index (κ2) is 16.5. The first-order chi connectivity index (χ1) is 11.8. The number of ether oxygens (including phenoxy) is 2. The van der Waals surface area contributed by atoms with Crippen molar-refractivity contribution in [3.63, 3.8) is 0 Å². The van der Waals surface area contributed by atoms with E-state index in [-0.39, 0.29) is 24.0 Å². The van der Waals surface area contributed by atoms with E-state index in [1.54, 1.807) is 6.92 Å². The van der Waals surface area contributed by atoms with Crippen LogP contribution in [0.1, 0.15) is 38.4 Å². The Balaban J connectivity index is 0.00000576. The minimum Gasteiger partial charge on any atom is -0.379 e. The number of hydrogen-bond donors (Lipinski definition) is 2. The van der Waals surface area contributed by atoms with Crippen LogP contribution in [-0.4, -0.2) is 62.2 Å². The number of guanidine groups is 1. The number of hydrogen-bond acceptors (Lipinski definition) is 6. The molecule has 0 spiro atoms. The molecule has 0 saturated carbocycles. The highest BCUT2D eigenvalue weighted by molar-refractivity contribution is 14.0. The summed E-state index contributed by atoms with van der Waals surface area (Å²) < 4.78 is 16.0. The first kappa shape index (κ1) is 24.1. The van der Waals surface area contributed by atoms with Gasteiger partial charge in [-0.25, -0.2) is 0 Å². The number of unbranched alkanes of at least 4 members (excludes halogenated alkanes) is 1. The Kier molecular flexibility index (Phi) is 15.9. The third-order valence-corrected chi connectivity index (χ3v) is 3.06. The summed E-state index contributed by atoms with van der Waals surface area (Å²) >= 11 is 0. The predicted octanol–water partition coefficient (Wildman–Crippen LogP) is 1.93. The summed E-state index contributed by atoms with van der Waals surface area (Å²) in [5, 5.41) is 10.2. The number of halogens is 1. The Labute approximate surface area is 167 Å². The second-order valence-corrected chi connectivity index (χ2v) is 5.25. The fraction of sp³-hybridized carbons (Fsp3) is 0.812. The van der Waals surface area contributed by atoms with Gasteiger partial charge in [0.25, 0.3) is 0 Å². The lowest BCUT2D eigenvalue weighted by molar-refractivity contribution is 0.0497. The molecule has 0 aromatic carbocycles. The van der Waals surface area contributed by atoms with Gasteiger partial charge in [-0.15, -0.1) is 24.0 Å². The number of aliphatic imine (C=N–C) groups is 1. The van der Waals surface area contributed by atoms with Crippen LogP contribution in [0, 0.1) is 6.92 Å². The molecule has 0 amide bonds. The second-order valence-electron chi connectivity index (χ2n) is 5.25. The highest BCUT2D eigenvalue weighted by Gasteiger charge is 2.03. The van der Waals surface area contributed by atoms with E-state index in [0.29, 0.717) is 51.0 Å². The maximum absolute atomic E-state index is 5.50. The van der Waals surface area contributed by atoms with E-state index < -0.39 is 0 Å².